The van der Waals surface area contributed by atoms with E-state index in [1.54, 1.807) is 29.2 Å². The van der Waals surface area contributed by atoms with Crippen LogP contribution in [0, 0.1) is 0 Å². The molecule has 0 bridgehead atoms. The number of carbonyl (C=O) groups excluding carboxylic acids is 4. The summed E-state index contributed by atoms with van der Waals surface area (Å²) in [6.45, 7) is 0.990. The molecule has 0 unspecified atom stereocenters. The predicted octanol–water partition coefficient (Wildman–Crippen LogP) is 3.29. The first-order valence-corrected chi connectivity index (χ1v) is 9.77. The topological polar surface area (TPSA) is 96.5 Å². The van der Waals surface area contributed by atoms with Crippen molar-refractivity contribution < 1.29 is 23.9 Å². The van der Waals surface area contributed by atoms with Crippen molar-refractivity contribution in [1.29, 1.82) is 0 Å². The second kappa shape index (κ2) is 9.52. The molecule has 8 heteroatoms. The number of esters is 1. The Morgan fingerprint density at radius 3 is 2.34 bits per heavy atom. The molecule has 2 aromatic rings. The van der Waals surface area contributed by atoms with E-state index in [9.17, 15) is 19.2 Å². The van der Waals surface area contributed by atoms with Gasteiger partial charge >= 0.3 is 5.97 Å². The van der Waals surface area contributed by atoms with Crippen LogP contribution in [-0.2, 0) is 9.53 Å². The Morgan fingerprint density at radius 2 is 1.66 bits per heavy atom. The van der Waals surface area contributed by atoms with Gasteiger partial charge in [-0.3, -0.25) is 19.2 Å². The Labute approximate surface area is 173 Å². The molecule has 0 radical (unpaired) electrons. The molecule has 152 valence electrons. The number of rotatable bonds is 8. The molecule has 1 N–H and O–H groups in total. The average molecular weight is 417 g/mol. The lowest BCUT2D eigenvalue weighted by Crippen LogP contribution is -2.27. The molecule has 1 fully saturated rings. The van der Waals surface area contributed by atoms with E-state index in [0.717, 1.165) is 12.8 Å². The van der Waals surface area contributed by atoms with Crippen LogP contribution in [0.4, 0.5) is 0 Å². The highest BCUT2D eigenvalue weighted by molar-refractivity contribution is 6.30. The van der Waals surface area contributed by atoms with Crippen LogP contribution in [0.2, 0.25) is 5.02 Å². The fourth-order valence-electron chi connectivity index (χ4n) is 3.07. The number of hydrogen-bond acceptors (Lipinski definition) is 5. The Morgan fingerprint density at radius 1 is 0.966 bits per heavy atom. The number of Topliss-reactive ketones (excluding diaryl/α,β-unsaturated/α-hetero) is 2. The molecule has 0 aliphatic carbocycles. The minimum atomic E-state index is -0.635. The lowest BCUT2D eigenvalue weighted by Gasteiger charge is -2.13. The van der Waals surface area contributed by atoms with Crippen LogP contribution in [0.3, 0.4) is 0 Å². The third-order valence-electron chi connectivity index (χ3n) is 4.72. The van der Waals surface area contributed by atoms with Crippen molar-refractivity contribution in [2.24, 2.45) is 0 Å². The minimum Gasteiger partial charge on any atom is -0.457 e. The number of amides is 1. The van der Waals surface area contributed by atoms with Crippen LogP contribution in [-0.4, -0.2) is 53.0 Å². The maximum Gasteiger partial charge on any atom is 0.306 e. The van der Waals surface area contributed by atoms with Gasteiger partial charge in [-0.1, -0.05) is 11.6 Å². The van der Waals surface area contributed by atoms with Crippen molar-refractivity contribution >= 4 is 35.0 Å². The molecular weight excluding hydrogens is 396 g/mol. The molecule has 1 aromatic carbocycles. The number of ketones is 2. The van der Waals surface area contributed by atoms with E-state index in [1.807, 2.05) is 0 Å². The van der Waals surface area contributed by atoms with E-state index in [1.165, 1.54) is 12.3 Å². The summed E-state index contributed by atoms with van der Waals surface area (Å²) in [4.78, 5) is 52.9. The fourth-order valence-corrected chi connectivity index (χ4v) is 3.19. The molecule has 1 saturated heterocycles. The number of aromatic amines is 1. The Kier molecular flexibility index (Phi) is 6.82. The van der Waals surface area contributed by atoms with Crippen LogP contribution in [0.25, 0.3) is 0 Å². The van der Waals surface area contributed by atoms with Gasteiger partial charge in [-0.25, -0.2) is 0 Å². The maximum atomic E-state index is 12.3. The third-order valence-corrected chi connectivity index (χ3v) is 4.97. The summed E-state index contributed by atoms with van der Waals surface area (Å²) >= 11 is 5.78. The smallest absolute Gasteiger partial charge is 0.306 e. The molecule has 2 heterocycles. The van der Waals surface area contributed by atoms with E-state index in [2.05, 4.69) is 4.98 Å². The van der Waals surface area contributed by atoms with Crippen LogP contribution >= 0.6 is 11.6 Å². The average Bonchev–Trinajstić information content (AvgIpc) is 3.42. The number of ether oxygens (including phenoxy) is 1. The SMILES string of the molecule is O=C(CCC(=O)c1ccc(Cl)cc1)OCC(=O)c1c[nH]c(C(=O)N2CCCC2)c1. The van der Waals surface area contributed by atoms with Crippen molar-refractivity contribution in [3.63, 3.8) is 0 Å². The highest BCUT2D eigenvalue weighted by atomic mass is 35.5. The van der Waals surface area contributed by atoms with Crippen molar-refractivity contribution in [2.45, 2.75) is 25.7 Å². The van der Waals surface area contributed by atoms with Gasteiger partial charge in [0, 0.05) is 41.9 Å². The lowest BCUT2D eigenvalue weighted by atomic mass is 10.1. The Hall–Kier alpha value is -2.93. The van der Waals surface area contributed by atoms with E-state index in [4.69, 9.17) is 16.3 Å². The van der Waals surface area contributed by atoms with Crippen molar-refractivity contribution in [1.82, 2.24) is 9.88 Å². The standard InChI is InChI=1S/C21H21ClN2O5/c22-16-5-3-14(4-6-16)18(25)7-8-20(27)29-13-19(26)15-11-17(23-12-15)21(28)24-9-1-2-10-24/h3-6,11-12,23H,1-2,7-10,13H2. The molecule has 1 aliphatic heterocycles. The van der Waals surface area contributed by atoms with E-state index in [0.29, 0.717) is 29.4 Å². The molecule has 0 atom stereocenters. The van der Waals surface area contributed by atoms with Crippen molar-refractivity contribution in [2.75, 3.05) is 19.7 Å². The predicted molar refractivity (Wildman–Crippen MR) is 106 cm³/mol. The molecule has 1 amide bonds. The first kappa shape index (κ1) is 20.8. The quantitative estimate of drug-likeness (QED) is 0.526. The van der Waals surface area contributed by atoms with Crippen molar-refractivity contribution in [3.05, 3.63) is 58.4 Å². The van der Waals surface area contributed by atoms with Gasteiger partial charge in [0.2, 0.25) is 5.78 Å². The largest absolute Gasteiger partial charge is 0.457 e. The fraction of sp³-hybridized carbons (Fsp3) is 0.333. The summed E-state index contributed by atoms with van der Waals surface area (Å²) in [7, 11) is 0. The normalized spacial score (nSPS) is 13.3. The monoisotopic (exact) mass is 416 g/mol. The summed E-state index contributed by atoms with van der Waals surface area (Å²) in [5.41, 5.74) is 1.08. The number of hydrogen-bond donors (Lipinski definition) is 1. The van der Waals surface area contributed by atoms with Gasteiger partial charge in [-0.2, -0.15) is 0 Å². The number of aromatic nitrogens is 1. The highest BCUT2D eigenvalue weighted by Crippen LogP contribution is 2.14. The molecule has 0 saturated carbocycles. The maximum absolute atomic E-state index is 12.3. The second-order valence-electron chi connectivity index (χ2n) is 6.82. The zero-order valence-electron chi connectivity index (χ0n) is 15.8. The van der Waals surface area contributed by atoms with Crippen LogP contribution < -0.4 is 0 Å². The Bertz CT molecular complexity index is 913. The van der Waals surface area contributed by atoms with Crippen molar-refractivity contribution in [3.8, 4) is 0 Å². The number of nitrogens with zero attached hydrogens (tertiary/aromatic N) is 1. The highest BCUT2D eigenvalue weighted by Gasteiger charge is 2.22. The summed E-state index contributed by atoms with van der Waals surface area (Å²) in [5.74, 6) is -1.40. The van der Waals surface area contributed by atoms with Crippen LogP contribution in [0.1, 0.15) is 56.9 Å². The minimum absolute atomic E-state index is 0.0205. The first-order valence-electron chi connectivity index (χ1n) is 9.39. The van der Waals surface area contributed by atoms with E-state index >= 15 is 0 Å². The van der Waals surface area contributed by atoms with Gasteiger partial charge in [0.15, 0.2) is 12.4 Å². The number of likely N-dealkylation sites (tertiary alicyclic amines) is 1. The summed E-state index contributed by atoms with van der Waals surface area (Å²) in [6.07, 6.45) is 3.25. The summed E-state index contributed by atoms with van der Waals surface area (Å²) in [5, 5.41) is 0.523. The third kappa shape index (κ3) is 5.54. The molecule has 0 spiro atoms. The number of H-pyrrole nitrogens is 1. The molecule has 7 nitrogen and oxygen atoms in total. The summed E-state index contributed by atoms with van der Waals surface area (Å²) in [6, 6.07) is 7.86. The van der Waals surface area contributed by atoms with E-state index < -0.39 is 18.4 Å². The molecule has 1 aromatic heterocycles. The Balaban J connectivity index is 1.44. The number of nitrogens with one attached hydrogen (secondary N) is 1. The van der Waals surface area contributed by atoms with E-state index in [-0.39, 0.29) is 30.1 Å². The molecule has 29 heavy (non-hydrogen) atoms. The zero-order chi connectivity index (χ0) is 20.8. The number of carbonyl (C=O) groups is 4. The van der Waals surface area contributed by atoms with Crippen LogP contribution in [0.5, 0.6) is 0 Å². The number of benzene rings is 1. The first-order chi connectivity index (χ1) is 13.9. The molecular formula is C21H21ClN2O5. The van der Waals surface area contributed by atoms with Crippen LogP contribution in [0.15, 0.2) is 36.5 Å². The van der Waals surface area contributed by atoms with Gasteiger partial charge in [0.25, 0.3) is 5.91 Å². The van der Waals surface area contributed by atoms with Gasteiger partial charge in [-0.05, 0) is 43.2 Å². The zero-order valence-corrected chi connectivity index (χ0v) is 16.5. The number of halogens is 1. The van der Waals surface area contributed by atoms with Gasteiger partial charge < -0.3 is 14.6 Å². The lowest BCUT2D eigenvalue weighted by molar-refractivity contribution is -0.142. The summed E-state index contributed by atoms with van der Waals surface area (Å²) < 4.78 is 4.96. The second-order valence-corrected chi connectivity index (χ2v) is 7.25. The van der Waals surface area contributed by atoms with Gasteiger partial charge in [-0.15, -0.1) is 0 Å². The van der Waals surface area contributed by atoms with Gasteiger partial charge in [0.1, 0.15) is 5.69 Å². The van der Waals surface area contributed by atoms with Gasteiger partial charge in [0.05, 0.1) is 6.42 Å². The molecule has 3 rings (SSSR count). The molecule has 1 aliphatic rings.